The molecule has 0 radical (unpaired) electrons. The van der Waals surface area contributed by atoms with Crippen molar-refractivity contribution in [2.75, 3.05) is 5.32 Å². The summed E-state index contributed by atoms with van der Waals surface area (Å²) in [6.07, 6.45) is -0.493. The highest BCUT2D eigenvalue weighted by Gasteiger charge is 1.97. The maximum atomic E-state index is 9.05. The lowest BCUT2D eigenvalue weighted by Gasteiger charge is -2.10. The van der Waals surface area contributed by atoms with Gasteiger partial charge in [0.25, 0.3) is 0 Å². The molecule has 0 saturated heterocycles. The van der Waals surface area contributed by atoms with Gasteiger partial charge < -0.3 is 10.4 Å². The summed E-state index contributed by atoms with van der Waals surface area (Å²) in [5.41, 5.74) is 3.47. The molecule has 2 nitrogen and oxygen atoms in total. The zero-order chi connectivity index (χ0) is 9.14. The Bertz CT molecular complexity index is 269. The van der Waals surface area contributed by atoms with Gasteiger partial charge in [-0.15, -0.1) is 0 Å². The summed E-state index contributed by atoms with van der Waals surface area (Å²) in [7, 11) is 0. The molecule has 1 atom stereocenters. The van der Waals surface area contributed by atoms with E-state index in [2.05, 4.69) is 19.2 Å². The molecule has 0 heterocycles. The number of nitrogens with one attached hydrogen (secondary N) is 1. The smallest absolute Gasteiger partial charge is 0.121 e. The van der Waals surface area contributed by atoms with Gasteiger partial charge in [0.05, 0.1) is 0 Å². The summed E-state index contributed by atoms with van der Waals surface area (Å²) < 4.78 is 0. The predicted molar refractivity (Wildman–Crippen MR) is 51.2 cm³/mol. The second kappa shape index (κ2) is 3.59. The molecule has 2 heteroatoms. The molecule has 2 N–H and O–H groups in total. The third kappa shape index (κ3) is 2.24. The van der Waals surface area contributed by atoms with Crippen LogP contribution in [0.3, 0.4) is 0 Å². The summed E-state index contributed by atoms with van der Waals surface area (Å²) in [5, 5.41) is 12.0. The van der Waals surface area contributed by atoms with Crippen molar-refractivity contribution in [3.8, 4) is 0 Å². The second-order valence-electron chi connectivity index (χ2n) is 3.12. The number of hydrogen-bond donors (Lipinski definition) is 2. The average Bonchev–Trinajstić information content (AvgIpc) is 1.96. The van der Waals surface area contributed by atoms with Crippen LogP contribution in [0.25, 0.3) is 0 Å². The first-order valence-electron chi connectivity index (χ1n) is 4.11. The number of hydrogen-bond acceptors (Lipinski definition) is 2. The minimum Gasteiger partial charge on any atom is -0.374 e. The van der Waals surface area contributed by atoms with Crippen LogP contribution < -0.4 is 5.32 Å². The van der Waals surface area contributed by atoms with Gasteiger partial charge in [-0.05, 0) is 44.0 Å². The van der Waals surface area contributed by atoms with Gasteiger partial charge in [-0.25, -0.2) is 0 Å². The largest absolute Gasteiger partial charge is 0.374 e. The summed E-state index contributed by atoms with van der Waals surface area (Å²) in [6, 6.07) is 6.04. The molecule has 0 aliphatic carbocycles. The van der Waals surface area contributed by atoms with Crippen LogP contribution in [-0.2, 0) is 0 Å². The van der Waals surface area contributed by atoms with Crippen molar-refractivity contribution in [3.05, 3.63) is 29.3 Å². The monoisotopic (exact) mass is 165 g/mol. The SMILES string of the molecule is Cc1ccc(NC(C)O)cc1C. The fourth-order valence-electron chi connectivity index (χ4n) is 1.07. The molecular weight excluding hydrogens is 150 g/mol. The molecule has 0 saturated carbocycles. The lowest BCUT2D eigenvalue weighted by atomic mass is 10.1. The van der Waals surface area contributed by atoms with Gasteiger partial charge in [0, 0.05) is 5.69 Å². The van der Waals surface area contributed by atoms with E-state index in [9.17, 15) is 0 Å². The zero-order valence-corrected chi connectivity index (χ0v) is 7.76. The van der Waals surface area contributed by atoms with Crippen molar-refractivity contribution >= 4 is 5.69 Å². The first kappa shape index (κ1) is 9.07. The molecule has 0 aromatic heterocycles. The van der Waals surface area contributed by atoms with Gasteiger partial charge in [0.15, 0.2) is 0 Å². The van der Waals surface area contributed by atoms with Crippen molar-refractivity contribution in [3.63, 3.8) is 0 Å². The zero-order valence-electron chi connectivity index (χ0n) is 7.76. The molecule has 0 aliphatic heterocycles. The second-order valence-corrected chi connectivity index (χ2v) is 3.12. The number of aliphatic hydroxyl groups excluding tert-OH is 1. The van der Waals surface area contributed by atoms with Crippen molar-refractivity contribution in [1.82, 2.24) is 0 Å². The van der Waals surface area contributed by atoms with Crippen LogP contribution >= 0.6 is 0 Å². The lowest BCUT2D eigenvalue weighted by molar-refractivity contribution is 0.224. The van der Waals surface area contributed by atoms with E-state index >= 15 is 0 Å². The van der Waals surface area contributed by atoms with Gasteiger partial charge in [0.2, 0.25) is 0 Å². The predicted octanol–water partition coefficient (Wildman–Crippen LogP) is 2.05. The van der Waals surface area contributed by atoms with Gasteiger partial charge >= 0.3 is 0 Å². The Labute approximate surface area is 73.2 Å². The number of benzene rings is 1. The summed E-state index contributed by atoms with van der Waals surface area (Å²) in [4.78, 5) is 0. The van der Waals surface area contributed by atoms with Crippen molar-refractivity contribution in [1.29, 1.82) is 0 Å². The van der Waals surface area contributed by atoms with Gasteiger partial charge in [-0.2, -0.15) is 0 Å². The Morgan fingerprint density at radius 3 is 2.42 bits per heavy atom. The molecule has 0 amide bonds. The molecule has 1 unspecified atom stereocenters. The number of rotatable bonds is 2. The standard InChI is InChI=1S/C10H15NO/c1-7-4-5-10(6-8(7)2)11-9(3)12/h4-6,9,11-12H,1-3H3. The quantitative estimate of drug-likeness (QED) is 0.657. The topological polar surface area (TPSA) is 32.3 Å². The fraction of sp³-hybridized carbons (Fsp3) is 0.400. The Hall–Kier alpha value is -1.02. The molecular formula is C10H15NO. The van der Waals surface area contributed by atoms with Crippen LogP contribution in [0.4, 0.5) is 5.69 Å². The van der Waals surface area contributed by atoms with E-state index in [0.29, 0.717) is 0 Å². The molecule has 1 aromatic carbocycles. The van der Waals surface area contributed by atoms with E-state index < -0.39 is 6.23 Å². The van der Waals surface area contributed by atoms with Gasteiger partial charge in [0.1, 0.15) is 6.23 Å². The van der Waals surface area contributed by atoms with Crippen LogP contribution in [0.1, 0.15) is 18.1 Å². The Morgan fingerprint density at radius 1 is 1.25 bits per heavy atom. The van der Waals surface area contributed by atoms with E-state index in [-0.39, 0.29) is 0 Å². The molecule has 1 rings (SSSR count). The van der Waals surface area contributed by atoms with Crippen LogP contribution in [0.15, 0.2) is 18.2 Å². The Kier molecular flexibility index (Phi) is 2.71. The molecule has 66 valence electrons. The van der Waals surface area contributed by atoms with Crippen molar-refractivity contribution in [2.24, 2.45) is 0 Å². The first-order valence-corrected chi connectivity index (χ1v) is 4.11. The fourth-order valence-corrected chi connectivity index (χ4v) is 1.07. The Morgan fingerprint density at radius 2 is 1.92 bits per heavy atom. The molecule has 1 aromatic rings. The van der Waals surface area contributed by atoms with Gasteiger partial charge in [-0.1, -0.05) is 6.07 Å². The summed E-state index contributed by atoms with van der Waals surface area (Å²) in [5.74, 6) is 0. The Balaban J connectivity index is 2.82. The normalized spacial score (nSPS) is 12.7. The van der Waals surface area contributed by atoms with Gasteiger partial charge in [-0.3, -0.25) is 0 Å². The maximum Gasteiger partial charge on any atom is 0.121 e. The highest BCUT2D eigenvalue weighted by molar-refractivity contribution is 5.48. The molecule has 0 fully saturated rings. The number of anilines is 1. The van der Waals surface area contributed by atoms with Crippen LogP contribution in [-0.4, -0.2) is 11.3 Å². The molecule has 0 bridgehead atoms. The van der Waals surface area contributed by atoms with Crippen molar-refractivity contribution in [2.45, 2.75) is 27.0 Å². The van der Waals surface area contributed by atoms with E-state index in [1.165, 1.54) is 11.1 Å². The van der Waals surface area contributed by atoms with E-state index in [1.54, 1.807) is 6.92 Å². The van der Waals surface area contributed by atoms with Crippen molar-refractivity contribution < 1.29 is 5.11 Å². The molecule has 0 spiro atoms. The average molecular weight is 165 g/mol. The highest BCUT2D eigenvalue weighted by atomic mass is 16.3. The minimum atomic E-state index is -0.493. The van der Waals surface area contributed by atoms with E-state index in [4.69, 9.17) is 5.11 Å². The third-order valence-corrected chi connectivity index (χ3v) is 1.88. The first-order chi connectivity index (χ1) is 5.59. The highest BCUT2D eigenvalue weighted by Crippen LogP contribution is 2.14. The number of aryl methyl sites for hydroxylation is 2. The lowest BCUT2D eigenvalue weighted by Crippen LogP contribution is -2.13. The minimum absolute atomic E-state index is 0.493. The van der Waals surface area contributed by atoms with E-state index in [0.717, 1.165) is 5.69 Å². The number of aliphatic hydroxyl groups is 1. The summed E-state index contributed by atoms with van der Waals surface area (Å²) >= 11 is 0. The molecule has 12 heavy (non-hydrogen) atoms. The summed E-state index contributed by atoms with van der Waals surface area (Å²) in [6.45, 7) is 5.83. The van der Waals surface area contributed by atoms with Crippen LogP contribution in [0, 0.1) is 13.8 Å². The third-order valence-electron chi connectivity index (χ3n) is 1.88. The van der Waals surface area contributed by atoms with Crippen LogP contribution in [0.2, 0.25) is 0 Å². The molecule has 0 aliphatic rings. The van der Waals surface area contributed by atoms with Crippen LogP contribution in [0.5, 0.6) is 0 Å². The van der Waals surface area contributed by atoms with E-state index in [1.807, 2.05) is 18.2 Å². The maximum absolute atomic E-state index is 9.05.